The maximum Gasteiger partial charge on any atom is 0.137 e. The molecule has 1 rings (SSSR count). The van der Waals surface area contributed by atoms with Crippen molar-refractivity contribution in [3.8, 4) is 5.75 Å². The van der Waals surface area contributed by atoms with Gasteiger partial charge in [-0.2, -0.15) is 0 Å². The van der Waals surface area contributed by atoms with E-state index in [-0.39, 0.29) is 0 Å². The van der Waals surface area contributed by atoms with Crippen LogP contribution in [0.1, 0.15) is 26.3 Å². The number of ether oxygens (including phenoxy) is 1. The Morgan fingerprint density at radius 3 is 2.54 bits per heavy atom. The van der Waals surface area contributed by atoms with Crippen molar-refractivity contribution >= 4 is 0 Å². The molecular formula is C11H17NO. The molecule has 0 N–H and O–H groups in total. The monoisotopic (exact) mass is 179 g/mol. The molecule has 0 aliphatic carbocycles. The Labute approximate surface area is 80.0 Å². The van der Waals surface area contributed by atoms with Crippen LogP contribution < -0.4 is 4.74 Å². The van der Waals surface area contributed by atoms with Crippen molar-refractivity contribution in [2.45, 2.75) is 27.2 Å². The van der Waals surface area contributed by atoms with Crippen molar-refractivity contribution < 1.29 is 4.74 Å². The van der Waals surface area contributed by atoms with Crippen LogP contribution in [0.2, 0.25) is 0 Å². The lowest BCUT2D eigenvalue weighted by atomic mass is 9.89. The summed E-state index contributed by atoms with van der Waals surface area (Å²) in [6, 6.07) is 2.04. The molecule has 0 bridgehead atoms. The molecule has 0 spiro atoms. The second-order valence-corrected chi connectivity index (χ2v) is 4.47. The Bertz CT molecular complexity index is 276. The van der Waals surface area contributed by atoms with E-state index in [0.29, 0.717) is 5.41 Å². The number of hydrogen-bond acceptors (Lipinski definition) is 2. The highest BCUT2D eigenvalue weighted by molar-refractivity contribution is 5.24. The summed E-state index contributed by atoms with van der Waals surface area (Å²) in [6.45, 7) is 6.64. The number of hydrogen-bond donors (Lipinski definition) is 0. The third kappa shape index (κ3) is 3.45. The van der Waals surface area contributed by atoms with E-state index in [0.717, 1.165) is 12.2 Å². The number of pyridine rings is 1. The van der Waals surface area contributed by atoms with Crippen molar-refractivity contribution in [2.75, 3.05) is 7.11 Å². The molecule has 1 heterocycles. The van der Waals surface area contributed by atoms with Crippen LogP contribution in [-0.2, 0) is 6.42 Å². The summed E-state index contributed by atoms with van der Waals surface area (Å²) < 4.78 is 5.11. The molecule has 0 saturated heterocycles. The predicted molar refractivity (Wildman–Crippen MR) is 53.9 cm³/mol. The first kappa shape index (κ1) is 10.0. The lowest BCUT2D eigenvalue weighted by Gasteiger charge is -2.17. The fraction of sp³-hybridized carbons (Fsp3) is 0.545. The number of nitrogens with zero attached hydrogens (tertiary/aromatic N) is 1. The molecule has 0 aliphatic rings. The Hall–Kier alpha value is -1.05. The van der Waals surface area contributed by atoms with Gasteiger partial charge in [0.1, 0.15) is 5.75 Å². The number of rotatable bonds is 2. The Morgan fingerprint density at radius 1 is 1.31 bits per heavy atom. The summed E-state index contributed by atoms with van der Waals surface area (Å²) in [7, 11) is 1.66. The van der Waals surface area contributed by atoms with Gasteiger partial charge in [-0.15, -0.1) is 0 Å². The summed E-state index contributed by atoms with van der Waals surface area (Å²) in [5, 5.41) is 0. The molecule has 0 atom stereocenters. The molecule has 0 saturated carbocycles. The molecule has 0 aliphatic heterocycles. The van der Waals surface area contributed by atoms with Gasteiger partial charge in [-0.1, -0.05) is 20.8 Å². The summed E-state index contributed by atoms with van der Waals surface area (Å²) in [5.41, 5.74) is 1.53. The fourth-order valence-electron chi connectivity index (χ4n) is 1.28. The molecule has 1 aromatic heterocycles. The minimum atomic E-state index is 0.300. The van der Waals surface area contributed by atoms with Gasteiger partial charge in [0.05, 0.1) is 13.3 Å². The highest BCUT2D eigenvalue weighted by Crippen LogP contribution is 2.21. The first-order valence-corrected chi connectivity index (χ1v) is 4.49. The van der Waals surface area contributed by atoms with E-state index >= 15 is 0 Å². The van der Waals surface area contributed by atoms with E-state index in [1.165, 1.54) is 5.56 Å². The van der Waals surface area contributed by atoms with E-state index in [9.17, 15) is 0 Å². The summed E-state index contributed by atoms with van der Waals surface area (Å²) in [6.07, 6.45) is 4.65. The maximum atomic E-state index is 5.11. The van der Waals surface area contributed by atoms with Gasteiger partial charge in [0.2, 0.25) is 0 Å². The predicted octanol–water partition coefficient (Wildman–Crippen LogP) is 2.68. The topological polar surface area (TPSA) is 22.1 Å². The second-order valence-electron chi connectivity index (χ2n) is 4.47. The average molecular weight is 179 g/mol. The Kier molecular flexibility index (Phi) is 2.91. The van der Waals surface area contributed by atoms with Crippen LogP contribution in [0.25, 0.3) is 0 Å². The van der Waals surface area contributed by atoms with Crippen LogP contribution >= 0.6 is 0 Å². The lowest BCUT2D eigenvalue weighted by molar-refractivity contribution is 0.400. The van der Waals surface area contributed by atoms with Crippen molar-refractivity contribution in [1.29, 1.82) is 0 Å². The van der Waals surface area contributed by atoms with Gasteiger partial charge in [-0.3, -0.25) is 4.98 Å². The molecule has 0 unspecified atom stereocenters. The number of methoxy groups -OCH3 is 1. The van der Waals surface area contributed by atoms with Gasteiger partial charge in [0, 0.05) is 6.20 Å². The van der Waals surface area contributed by atoms with Crippen LogP contribution in [0, 0.1) is 5.41 Å². The van der Waals surface area contributed by atoms with Crippen LogP contribution in [-0.4, -0.2) is 12.1 Å². The van der Waals surface area contributed by atoms with Crippen molar-refractivity contribution in [1.82, 2.24) is 4.98 Å². The first-order chi connectivity index (χ1) is 6.01. The summed E-state index contributed by atoms with van der Waals surface area (Å²) in [4.78, 5) is 4.11. The normalized spacial score (nSPS) is 11.4. The van der Waals surface area contributed by atoms with Crippen LogP contribution in [0.4, 0.5) is 0 Å². The Morgan fingerprint density at radius 2 is 2.00 bits per heavy atom. The summed E-state index contributed by atoms with van der Waals surface area (Å²) in [5.74, 6) is 0.835. The maximum absolute atomic E-state index is 5.11. The minimum absolute atomic E-state index is 0.300. The fourth-order valence-corrected chi connectivity index (χ4v) is 1.28. The van der Waals surface area contributed by atoms with Crippen molar-refractivity contribution in [3.05, 3.63) is 24.0 Å². The first-order valence-electron chi connectivity index (χ1n) is 4.49. The third-order valence-electron chi connectivity index (χ3n) is 1.74. The number of aromatic nitrogens is 1. The zero-order valence-electron chi connectivity index (χ0n) is 8.79. The zero-order chi connectivity index (χ0) is 9.90. The molecule has 0 amide bonds. The van der Waals surface area contributed by atoms with Gasteiger partial charge in [0.15, 0.2) is 0 Å². The average Bonchev–Trinajstić information content (AvgIpc) is 2.01. The molecular weight excluding hydrogens is 162 g/mol. The third-order valence-corrected chi connectivity index (χ3v) is 1.74. The van der Waals surface area contributed by atoms with Gasteiger partial charge < -0.3 is 4.74 Å². The molecule has 13 heavy (non-hydrogen) atoms. The molecule has 0 fully saturated rings. The molecule has 1 aromatic rings. The molecule has 0 radical (unpaired) electrons. The van der Waals surface area contributed by atoms with E-state index < -0.39 is 0 Å². The zero-order valence-corrected chi connectivity index (χ0v) is 8.79. The highest BCUT2D eigenvalue weighted by atomic mass is 16.5. The van der Waals surface area contributed by atoms with E-state index in [2.05, 4.69) is 25.8 Å². The quantitative estimate of drug-likeness (QED) is 0.696. The van der Waals surface area contributed by atoms with Gasteiger partial charge in [-0.25, -0.2) is 0 Å². The van der Waals surface area contributed by atoms with Crippen LogP contribution in [0.5, 0.6) is 5.75 Å². The smallest absolute Gasteiger partial charge is 0.137 e. The Balaban J connectivity index is 2.78. The van der Waals surface area contributed by atoms with Crippen molar-refractivity contribution in [3.63, 3.8) is 0 Å². The highest BCUT2D eigenvalue weighted by Gasteiger charge is 2.11. The second kappa shape index (κ2) is 3.77. The SMILES string of the molecule is COc1cncc(CC(C)(C)C)c1. The molecule has 2 heteroatoms. The van der Waals surface area contributed by atoms with Crippen molar-refractivity contribution in [2.24, 2.45) is 5.41 Å². The van der Waals surface area contributed by atoms with Crippen LogP contribution in [0.3, 0.4) is 0 Å². The molecule has 72 valence electrons. The lowest BCUT2D eigenvalue weighted by Crippen LogP contribution is -2.09. The largest absolute Gasteiger partial charge is 0.495 e. The van der Waals surface area contributed by atoms with Gasteiger partial charge in [-0.05, 0) is 23.5 Å². The van der Waals surface area contributed by atoms with E-state index in [1.54, 1.807) is 13.3 Å². The van der Waals surface area contributed by atoms with E-state index in [4.69, 9.17) is 4.74 Å². The molecule has 2 nitrogen and oxygen atoms in total. The summed E-state index contributed by atoms with van der Waals surface area (Å²) >= 11 is 0. The molecule has 0 aromatic carbocycles. The van der Waals surface area contributed by atoms with Crippen LogP contribution in [0.15, 0.2) is 18.5 Å². The standard InChI is InChI=1S/C11H17NO/c1-11(2,3)6-9-5-10(13-4)8-12-7-9/h5,7-8H,6H2,1-4H3. The van der Waals surface area contributed by atoms with Gasteiger partial charge >= 0.3 is 0 Å². The van der Waals surface area contributed by atoms with E-state index in [1.807, 2.05) is 12.3 Å². The minimum Gasteiger partial charge on any atom is -0.495 e. The van der Waals surface area contributed by atoms with Gasteiger partial charge in [0.25, 0.3) is 0 Å².